The lowest BCUT2D eigenvalue weighted by atomic mass is 9.92. The lowest BCUT2D eigenvalue weighted by Gasteiger charge is -2.21. The predicted molar refractivity (Wildman–Crippen MR) is 76.4 cm³/mol. The lowest BCUT2D eigenvalue weighted by Crippen LogP contribution is -2.19. The Morgan fingerprint density at radius 2 is 1.90 bits per heavy atom. The van der Waals surface area contributed by atoms with Crippen LogP contribution in [0.15, 0.2) is 18.2 Å². The van der Waals surface area contributed by atoms with Gasteiger partial charge >= 0.3 is 0 Å². The van der Waals surface area contributed by atoms with Crippen LogP contribution in [-0.4, -0.2) is 33.2 Å². The summed E-state index contributed by atoms with van der Waals surface area (Å²) in [6, 6.07) is 5.64. The standard InChI is InChI=1S/C16H22O4/c1-18-15-4-3-13(11-16(15)19-2)10-14(17)9-12-5-7-20-8-6-12/h3-4,11-12H,5-10H2,1-2H3. The average molecular weight is 278 g/mol. The van der Waals surface area contributed by atoms with E-state index in [9.17, 15) is 4.79 Å². The van der Waals surface area contributed by atoms with Crippen molar-refractivity contribution in [3.8, 4) is 11.5 Å². The van der Waals surface area contributed by atoms with Crippen molar-refractivity contribution in [2.24, 2.45) is 5.92 Å². The minimum Gasteiger partial charge on any atom is -0.493 e. The van der Waals surface area contributed by atoms with Gasteiger partial charge in [0, 0.05) is 26.1 Å². The molecular formula is C16H22O4. The fraction of sp³-hybridized carbons (Fsp3) is 0.562. The predicted octanol–water partition coefficient (Wildman–Crippen LogP) is 2.63. The van der Waals surface area contributed by atoms with Crippen molar-refractivity contribution in [1.29, 1.82) is 0 Å². The first-order valence-corrected chi connectivity index (χ1v) is 7.03. The molecule has 0 N–H and O–H groups in total. The summed E-state index contributed by atoms with van der Waals surface area (Å²) < 4.78 is 15.8. The molecule has 0 bridgehead atoms. The van der Waals surface area contributed by atoms with Gasteiger partial charge in [0.1, 0.15) is 5.78 Å². The molecule has 0 radical (unpaired) electrons. The van der Waals surface area contributed by atoms with Gasteiger partial charge < -0.3 is 14.2 Å². The van der Waals surface area contributed by atoms with E-state index in [1.807, 2.05) is 18.2 Å². The molecule has 0 spiro atoms. The third-order valence-electron chi connectivity index (χ3n) is 3.71. The van der Waals surface area contributed by atoms with E-state index in [-0.39, 0.29) is 5.78 Å². The van der Waals surface area contributed by atoms with Gasteiger partial charge in [-0.15, -0.1) is 0 Å². The molecule has 20 heavy (non-hydrogen) atoms. The summed E-state index contributed by atoms with van der Waals surface area (Å²) in [7, 11) is 3.21. The number of carbonyl (C=O) groups is 1. The van der Waals surface area contributed by atoms with Crippen LogP contribution >= 0.6 is 0 Å². The van der Waals surface area contributed by atoms with Gasteiger partial charge in [0.05, 0.1) is 14.2 Å². The average Bonchev–Trinajstić information content (AvgIpc) is 2.48. The van der Waals surface area contributed by atoms with Gasteiger partial charge in [-0.05, 0) is 36.5 Å². The van der Waals surface area contributed by atoms with Crippen molar-refractivity contribution in [2.75, 3.05) is 27.4 Å². The minimum atomic E-state index is 0.282. The monoisotopic (exact) mass is 278 g/mol. The van der Waals surface area contributed by atoms with Gasteiger partial charge in [-0.1, -0.05) is 6.07 Å². The number of ether oxygens (including phenoxy) is 3. The molecule has 1 aliphatic heterocycles. The molecule has 4 heteroatoms. The van der Waals surface area contributed by atoms with E-state index >= 15 is 0 Å². The Morgan fingerprint density at radius 3 is 2.55 bits per heavy atom. The number of ketones is 1. The van der Waals surface area contributed by atoms with Gasteiger partial charge in [0.2, 0.25) is 0 Å². The Morgan fingerprint density at radius 1 is 1.20 bits per heavy atom. The number of rotatable bonds is 6. The van der Waals surface area contributed by atoms with Crippen molar-refractivity contribution in [3.05, 3.63) is 23.8 Å². The first-order chi connectivity index (χ1) is 9.72. The lowest BCUT2D eigenvalue weighted by molar-refractivity contribution is -0.120. The van der Waals surface area contributed by atoms with Crippen molar-refractivity contribution in [1.82, 2.24) is 0 Å². The summed E-state index contributed by atoms with van der Waals surface area (Å²) in [5.74, 6) is 2.12. The van der Waals surface area contributed by atoms with E-state index in [4.69, 9.17) is 14.2 Å². The quantitative estimate of drug-likeness (QED) is 0.802. The molecule has 110 valence electrons. The Kier molecular flexibility index (Phi) is 5.41. The van der Waals surface area contributed by atoms with Crippen LogP contribution in [0.4, 0.5) is 0 Å². The summed E-state index contributed by atoms with van der Waals surface area (Å²) in [6.45, 7) is 1.57. The van der Waals surface area contributed by atoms with Crippen molar-refractivity contribution < 1.29 is 19.0 Å². The summed E-state index contributed by atoms with van der Waals surface area (Å²) >= 11 is 0. The SMILES string of the molecule is COc1ccc(CC(=O)CC2CCOCC2)cc1OC. The van der Waals surface area contributed by atoms with Crippen molar-refractivity contribution in [3.63, 3.8) is 0 Å². The van der Waals surface area contributed by atoms with Crippen LogP contribution < -0.4 is 9.47 Å². The highest BCUT2D eigenvalue weighted by Crippen LogP contribution is 2.28. The van der Waals surface area contributed by atoms with E-state index in [1.165, 1.54) is 0 Å². The van der Waals surface area contributed by atoms with Crippen LogP contribution in [0.2, 0.25) is 0 Å². The van der Waals surface area contributed by atoms with Gasteiger partial charge in [-0.2, -0.15) is 0 Å². The van der Waals surface area contributed by atoms with Crippen LogP contribution in [0.1, 0.15) is 24.8 Å². The summed E-state index contributed by atoms with van der Waals surface area (Å²) in [4.78, 5) is 12.1. The third-order valence-corrected chi connectivity index (χ3v) is 3.71. The van der Waals surface area contributed by atoms with Crippen LogP contribution in [0.3, 0.4) is 0 Å². The van der Waals surface area contributed by atoms with Crippen LogP contribution in [0.25, 0.3) is 0 Å². The Hall–Kier alpha value is -1.55. The van der Waals surface area contributed by atoms with E-state index < -0.39 is 0 Å². The number of benzene rings is 1. The summed E-state index contributed by atoms with van der Waals surface area (Å²) in [6.07, 6.45) is 3.10. The summed E-state index contributed by atoms with van der Waals surface area (Å²) in [5, 5.41) is 0. The fourth-order valence-corrected chi connectivity index (χ4v) is 2.56. The van der Waals surface area contributed by atoms with Gasteiger partial charge in [-0.3, -0.25) is 4.79 Å². The maximum Gasteiger partial charge on any atom is 0.161 e. The molecule has 2 rings (SSSR count). The van der Waals surface area contributed by atoms with Crippen LogP contribution in [-0.2, 0) is 16.0 Å². The minimum absolute atomic E-state index is 0.282. The number of Topliss-reactive ketones (excluding diaryl/α,β-unsaturated/α-hetero) is 1. The molecule has 0 atom stereocenters. The van der Waals surface area contributed by atoms with E-state index in [0.29, 0.717) is 30.3 Å². The maximum atomic E-state index is 12.1. The van der Waals surface area contributed by atoms with Crippen LogP contribution in [0.5, 0.6) is 11.5 Å². The Labute approximate surface area is 120 Å². The molecular weight excluding hydrogens is 256 g/mol. The highest BCUT2D eigenvalue weighted by molar-refractivity contribution is 5.81. The first kappa shape index (κ1) is 14.9. The zero-order chi connectivity index (χ0) is 14.4. The Bertz CT molecular complexity index is 450. The highest BCUT2D eigenvalue weighted by Gasteiger charge is 2.18. The smallest absolute Gasteiger partial charge is 0.161 e. The molecule has 0 saturated carbocycles. The molecule has 1 saturated heterocycles. The molecule has 0 aliphatic carbocycles. The normalized spacial score (nSPS) is 15.9. The number of hydrogen-bond acceptors (Lipinski definition) is 4. The molecule has 0 unspecified atom stereocenters. The molecule has 0 amide bonds. The third kappa shape index (κ3) is 3.97. The topological polar surface area (TPSA) is 44.8 Å². The molecule has 0 aromatic heterocycles. The van der Waals surface area contributed by atoms with E-state index in [1.54, 1.807) is 14.2 Å². The fourth-order valence-electron chi connectivity index (χ4n) is 2.56. The molecule has 1 aliphatic rings. The number of carbonyl (C=O) groups excluding carboxylic acids is 1. The zero-order valence-corrected chi connectivity index (χ0v) is 12.2. The van der Waals surface area contributed by atoms with Crippen molar-refractivity contribution in [2.45, 2.75) is 25.7 Å². The van der Waals surface area contributed by atoms with Gasteiger partial charge in [-0.25, -0.2) is 0 Å². The maximum absolute atomic E-state index is 12.1. The van der Waals surface area contributed by atoms with Gasteiger partial charge in [0.15, 0.2) is 11.5 Å². The molecule has 1 aromatic rings. The second-order valence-corrected chi connectivity index (χ2v) is 5.16. The van der Waals surface area contributed by atoms with E-state index in [0.717, 1.165) is 31.6 Å². The zero-order valence-electron chi connectivity index (χ0n) is 12.2. The first-order valence-electron chi connectivity index (χ1n) is 7.03. The molecule has 1 aromatic carbocycles. The molecule has 1 heterocycles. The number of methoxy groups -OCH3 is 2. The Balaban J connectivity index is 1.93. The van der Waals surface area contributed by atoms with Gasteiger partial charge in [0.25, 0.3) is 0 Å². The van der Waals surface area contributed by atoms with E-state index in [2.05, 4.69) is 0 Å². The number of hydrogen-bond donors (Lipinski definition) is 0. The second-order valence-electron chi connectivity index (χ2n) is 5.16. The summed E-state index contributed by atoms with van der Waals surface area (Å²) in [5.41, 5.74) is 0.972. The van der Waals surface area contributed by atoms with Crippen LogP contribution in [0, 0.1) is 5.92 Å². The molecule has 4 nitrogen and oxygen atoms in total. The highest BCUT2D eigenvalue weighted by atomic mass is 16.5. The molecule has 1 fully saturated rings. The second kappa shape index (κ2) is 7.29. The largest absolute Gasteiger partial charge is 0.493 e. The van der Waals surface area contributed by atoms with Crippen molar-refractivity contribution >= 4 is 5.78 Å².